The quantitative estimate of drug-likeness (QED) is 0.635. The van der Waals surface area contributed by atoms with E-state index < -0.39 is 23.3 Å². The second kappa shape index (κ2) is 4.30. The zero-order valence-electron chi connectivity index (χ0n) is 8.61. The molecule has 4 N–H and O–H groups in total. The van der Waals surface area contributed by atoms with Crippen LogP contribution in [0.2, 0.25) is 0 Å². The first-order valence-corrected chi connectivity index (χ1v) is 5.40. The first-order chi connectivity index (χ1) is 8.41. The van der Waals surface area contributed by atoms with Crippen molar-refractivity contribution in [1.82, 2.24) is 10.2 Å². The zero-order valence-corrected chi connectivity index (χ0v) is 10.2. The van der Waals surface area contributed by atoms with Crippen molar-refractivity contribution in [2.24, 2.45) is 0 Å². The molecule has 0 fully saturated rings. The molecule has 0 saturated carbocycles. The summed E-state index contributed by atoms with van der Waals surface area (Å²) in [4.78, 5) is 10.7. The van der Waals surface area contributed by atoms with Gasteiger partial charge in [-0.1, -0.05) is 0 Å². The van der Waals surface area contributed by atoms with Gasteiger partial charge in [-0.25, -0.2) is 9.18 Å². The molecule has 0 spiro atoms. The van der Waals surface area contributed by atoms with Gasteiger partial charge in [0.2, 0.25) is 0 Å². The van der Waals surface area contributed by atoms with Crippen LogP contribution < -0.4 is 0 Å². The van der Waals surface area contributed by atoms with E-state index in [1.807, 2.05) is 0 Å². The third kappa shape index (κ3) is 1.90. The number of hydrogen-bond acceptors (Lipinski definition) is 4. The summed E-state index contributed by atoms with van der Waals surface area (Å²) in [6.45, 7) is 0. The Hall–Kier alpha value is -2.09. The Morgan fingerprint density at radius 3 is 2.61 bits per heavy atom. The van der Waals surface area contributed by atoms with Gasteiger partial charge in [-0.2, -0.15) is 5.10 Å². The first-order valence-electron chi connectivity index (χ1n) is 4.60. The second-order valence-electron chi connectivity index (χ2n) is 3.39. The highest BCUT2D eigenvalue weighted by Crippen LogP contribution is 2.42. The highest BCUT2D eigenvalue weighted by Gasteiger charge is 2.20. The summed E-state index contributed by atoms with van der Waals surface area (Å²) in [5.41, 5.74) is -0.370. The molecule has 1 aromatic heterocycles. The van der Waals surface area contributed by atoms with Gasteiger partial charge >= 0.3 is 5.97 Å². The predicted molar refractivity (Wildman–Crippen MR) is 62.0 cm³/mol. The molecule has 0 bridgehead atoms. The van der Waals surface area contributed by atoms with Crippen LogP contribution in [0.25, 0.3) is 11.3 Å². The molecular weight excluding hydrogens is 311 g/mol. The predicted octanol–water partition coefficient (Wildman–Crippen LogP) is 2.09. The molecule has 0 aliphatic heterocycles. The van der Waals surface area contributed by atoms with E-state index in [0.717, 1.165) is 6.07 Å². The molecule has 2 aromatic rings. The van der Waals surface area contributed by atoms with Crippen molar-refractivity contribution in [3.63, 3.8) is 0 Å². The van der Waals surface area contributed by atoms with Gasteiger partial charge in [0.25, 0.3) is 0 Å². The number of halogens is 2. The standard InChI is InChI=1S/C10H6BrFN2O4/c11-8-7(3(12)1-6(15)9(8)16)4-2-5(10(17)18)14-13-4/h1-2,15-16H,(H,13,14)(H,17,18). The van der Waals surface area contributed by atoms with Crippen molar-refractivity contribution >= 4 is 21.9 Å². The highest BCUT2D eigenvalue weighted by molar-refractivity contribution is 9.10. The third-order valence-corrected chi connectivity index (χ3v) is 3.01. The summed E-state index contributed by atoms with van der Waals surface area (Å²) in [5, 5.41) is 33.2. The summed E-state index contributed by atoms with van der Waals surface area (Å²) in [7, 11) is 0. The molecule has 18 heavy (non-hydrogen) atoms. The van der Waals surface area contributed by atoms with E-state index >= 15 is 0 Å². The van der Waals surface area contributed by atoms with Crippen LogP contribution in [0.1, 0.15) is 10.5 Å². The number of aromatic hydroxyl groups is 2. The fraction of sp³-hybridized carbons (Fsp3) is 0. The van der Waals surface area contributed by atoms with Gasteiger partial charge in [-0.3, -0.25) is 5.10 Å². The highest BCUT2D eigenvalue weighted by atomic mass is 79.9. The average Bonchev–Trinajstić information content (AvgIpc) is 2.75. The number of carboxylic acids is 1. The number of rotatable bonds is 2. The van der Waals surface area contributed by atoms with E-state index in [9.17, 15) is 19.4 Å². The molecule has 6 nitrogen and oxygen atoms in total. The maximum atomic E-state index is 13.7. The van der Waals surface area contributed by atoms with E-state index in [4.69, 9.17) is 5.11 Å². The lowest BCUT2D eigenvalue weighted by Gasteiger charge is -2.06. The average molecular weight is 317 g/mol. The van der Waals surface area contributed by atoms with Crippen LogP contribution in [0.15, 0.2) is 16.6 Å². The number of H-pyrrole nitrogens is 1. The van der Waals surface area contributed by atoms with Gasteiger partial charge in [-0.05, 0) is 22.0 Å². The lowest BCUT2D eigenvalue weighted by atomic mass is 10.1. The Kier molecular flexibility index (Phi) is 2.95. The number of carbonyl (C=O) groups is 1. The van der Waals surface area contributed by atoms with Crippen LogP contribution >= 0.6 is 15.9 Å². The van der Waals surface area contributed by atoms with Gasteiger partial charge < -0.3 is 15.3 Å². The maximum absolute atomic E-state index is 13.7. The fourth-order valence-electron chi connectivity index (χ4n) is 1.39. The summed E-state index contributed by atoms with van der Waals surface area (Å²) in [5.74, 6) is -3.27. The zero-order chi connectivity index (χ0) is 13.4. The minimum atomic E-state index is -1.24. The fourth-order valence-corrected chi connectivity index (χ4v) is 1.99. The number of hydrogen-bond donors (Lipinski definition) is 4. The Bertz CT molecular complexity index is 641. The Balaban J connectivity index is 2.63. The number of benzene rings is 1. The van der Waals surface area contributed by atoms with Crippen LogP contribution in [0.5, 0.6) is 11.5 Å². The number of aromatic carboxylic acids is 1. The number of phenolic OH excluding ortho intramolecular Hbond substituents is 2. The van der Waals surface area contributed by atoms with Gasteiger partial charge in [-0.15, -0.1) is 0 Å². The van der Waals surface area contributed by atoms with Crippen molar-refractivity contribution < 1.29 is 24.5 Å². The lowest BCUT2D eigenvalue weighted by molar-refractivity contribution is 0.0690. The molecule has 0 atom stereocenters. The second-order valence-corrected chi connectivity index (χ2v) is 4.18. The first kappa shape index (κ1) is 12.4. The summed E-state index contributed by atoms with van der Waals surface area (Å²) >= 11 is 2.91. The van der Waals surface area contributed by atoms with Gasteiger partial charge in [0.15, 0.2) is 11.5 Å². The van der Waals surface area contributed by atoms with Crippen molar-refractivity contribution in [3.05, 3.63) is 28.1 Å². The van der Waals surface area contributed by atoms with E-state index in [0.29, 0.717) is 6.07 Å². The summed E-state index contributed by atoms with van der Waals surface area (Å²) < 4.78 is 13.6. The van der Waals surface area contributed by atoms with Gasteiger partial charge in [0.1, 0.15) is 11.5 Å². The van der Waals surface area contributed by atoms with E-state index in [-0.39, 0.29) is 21.4 Å². The molecule has 0 radical (unpaired) electrons. The van der Waals surface area contributed by atoms with Crippen LogP contribution in [-0.4, -0.2) is 31.5 Å². The van der Waals surface area contributed by atoms with Crippen LogP contribution in [0, 0.1) is 5.82 Å². The summed E-state index contributed by atoms with van der Waals surface area (Å²) in [6.07, 6.45) is 0. The van der Waals surface area contributed by atoms with E-state index in [1.165, 1.54) is 0 Å². The molecule has 0 aliphatic rings. The SMILES string of the molecule is O=C(O)c1cc(-c2c(F)cc(O)c(O)c2Br)n[nH]1. The molecule has 94 valence electrons. The molecule has 1 aromatic carbocycles. The van der Waals surface area contributed by atoms with Crippen LogP contribution in [-0.2, 0) is 0 Å². The molecule has 8 heteroatoms. The van der Waals surface area contributed by atoms with Crippen molar-refractivity contribution in [1.29, 1.82) is 0 Å². The molecule has 0 amide bonds. The number of aromatic nitrogens is 2. The third-order valence-electron chi connectivity index (χ3n) is 2.24. The van der Waals surface area contributed by atoms with Crippen LogP contribution in [0.3, 0.4) is 0 Å². The van der Waals surface area contributed by atoms with Gasteiger partial charge in [0, 0.05) is 6.07 Å². The molecule has 1 heterocycles. The molecule has 0 unspecified atom stereocenters. The normalized spacial score (nSPS) is 10.6. The maximum Gasteiger partial charge on any atom is 0.353 e. The minimum Gasteiger partial charge on any atom is -0.504 e. The Morgan fingerprint density at radius 1 is 1.39 bits per heavy atom. The van der Waals surface area contributed by atoms with Crippen LogP contribution in [0.4, 0.5) is 4.39 Å². The van der Waals surface area contributed by atoms with E-state index in [2.05, 4.69) is 26.1 Å². The largest absolute Gasteiger partial charge is 0.504 e. The van der Waals surface area contributed by atoms with Gasteiger partial charge in [0.05, 0.1) is 15.7 Å². The Morgan fingerprint density at radius 2 is 2.06 bits per heavy atom. The topological polar surface area (TPSA) is 106 Å². The number of nitrogens with one attached hydrogen (secondary N) is 1. The monoisotopic (exact) mass is 316 g/mol. The summed E-state index contributed by atoms with van der Waals surface area (Å²) in [6, 6.07) is 1.83. The van der Waals surface area contributed by atoms with Crippen molar-refractivity contribution in [3.8, 4) is 22.8 Å². The molecule has 0 saturated heterocycles. The number of aromatic amines is 1. The lowest BCUT2D eigenvalue weighted by Crippen LogP contribution is -1.95. The Labute approximate surface area is 108 Å². The molecule has 0 aliphatic carbocycles. The smallest absolute Gasteiger partial charge is 0.353 e. The van der Waals surface area contributed by atoms with Crippen molar-refractivity contribution in [2.45, 2.75) is 0 Å². The number of carboxylic acid groups (broad SMARTS) is 1. The van der Waals surface area contributed by atoms with E-state index in [1.54, 1.807) is 0 Å². The molecule has 2 rings (SSSR count). The number of phenols is 2. The number of nitrogens with zero attached hydrogens (tertiary/aromatic N) is 1. The van der Waals surface area contributed by atoms with Crippen molar-refractivity contribution in [2.75, 3.05) is 0 Å². The molecular formula is C10H6BrFN2O4. The minimum absolute atomic E-state index is 0.00734.